The second-order valence-corrected chi connectivity index (χ2v) is 3.91. The highest BCUT2D eigenvalue weighted by Gasteiger charge is 2.31. The van der Waals surface area contributed by atoms with Gasteiger partial charge in [0, 0.05) is 12.6 Å². The molecule has 0 aliphatic carbocycles. The van der Waals surface area contributed by atoms with Crippen LogP contribution in [0.5, 0.6) is 0 Å². The largest absolute Gasteiger partial charge is 0.480 e. The number of carbonyl (C=O) groups is 1. The summed E-state index contributed by atoms with van der Waals surface area (Å²) in [6, 6.07) is -1.42. The van der Waals surface area contributed by atoms with Gasteiger partial charge in [-0.3, -0.25) is 9.69 Å². The maximum absolute atomic E-state index is 12.2. The lowest BCUT2D eigenvalue weighted by Crippen LogP contribution is -2.42. The molecule has 96 valence electrons. The summed E-state index contributed by atoms with van der Waals surface area (Å²) in [5.74, 6) is -1.20. The predicted molar refractivity (Wildman–Crippen MR) is 53.0 cm³/mol. The molecule has 7 heteroatoms. The smallest absolute Gasteiger partial charge is 0.401 e. The summed E-state index contributed by atoms with van der Waals surface area (Å²) in [4.78, 5) is 11.6. The summed E-state index contributed by atoms with van der Waals surface area (Å²) < 4.78 is 36.5. The number of nitrogens with zero attached hydrogens (tertiary/aromatic N) is 1. The molecule has 1 unspecified atom stereocenters. The molecule has 0 heterocycles. The first-order valence-electron chi connectivity index (χ1n) is 4.92. The lowest BCUT2D eigenvalue weighted by atomic mass is 10.2. The third-order valence-electron chi connectivity index (χ3n) is 2.16. The van der Waals surface area contributed by atoms with Gasteiger partial charge in [0.25, 0.3) is 0 Å². The Hall–Kier alpha value is -0.820. The van der Waals surface area contributed by atoms with Crippen LogP contribution in [0.3, 0.4) is 0 Å². The zero-order valence-electron chi connectivity index (χ0n) is 9.29. The maximum atomic E-state index is 12.2. The van der Waals surface area contributed by atoms with Gasteiger partial charge in [-0.25, -0.2) is 0 Å². The van der Waals surface area contributed by atoms with Crippen molar-refractivity contribution in [1.82, 2.24) is 4.90 Å². The number of nitrogens with two attached hydrogens (primary N) is 1. The Balaban J connectivity index is 4.20. The van der Waals surface area contributed by atoms with E-state index in [1.54, 1.807) is 13.8 Å². The van der Waals surface area contributed by atoms with Crippen molar-refractivity contribution in [2.24, 2.45) is 5.73 Å². The summed E-state index contributed by atoms with van der Waals surface area (Å²) >= 11 is 0. The monoisotopic (exact) mass is 242 g/mol. The molecule has 0 aromatic carbocycles. The molecule has 0 aliphatic heterocycles. The van der Waals surface area contributed by atoms with E-state index in [4.69, 9.17) is 10.8 Å². The average Bonchev–Trinajstić information content (AvgIpc) is 2.09. The van der Waals surface area contributed by atoms with E-state index in [-0.39, 0.29) is 19.0 Å². The Morgan fingerprint density at radius 2 is 1.94 bits per heavy atom. The van der Waals surface area contributed by atoms with Crippen LogP contribution in [0, 0.1) is 0 Å². The van der Waals surface area contributed by atoms with Crippen molar-refractivity contribution in [3.63, 3.8) is 0 Å². The zero-order chi connectivity index (χ0) is 12.9. The Morgan fingerprint density at radius 1 is 1.44 bits per heavy atom. The molecule has 0 saturated carbocycles. The molecule has 16 heavy (non-hydrogen) atoms. The predicted octanol–water partition coefficient (Wildman–Crippen LogP) is 1.06. The first-order valence-corrected chi connectivity index (χ1v) is 4.92. The normalized spacial score (nSPS) is 14.5. The SMILES string of the molecule is CC(C)N(CCC(N)C(=O)O)CC(F)(F)F. The highest BCUT2D eigenvalue weighted by atomic mass is 19.4. The van der Waals surface area contributed by atoms with Gasteiger partial charge in [-0.1, -0.05) is 0 Å². The Morgan fingerprint density at radius 3 is 2.25 bits per heavy atom. The number of carboxylic acids is 1. The average molecular weight is 242 g/mol. The van der Waals surface area contributed by atoms with Gasteiger partial charge in [0.15, 0.2) is 0 Å². The first-order chi connectivity index (χ1) is 7.13. The summed E-state index contributed by atoms with van der Waals surface area (Å²) in [7, 11) is 0. The number of rotatable bonds is 6. The molecule has 0 aliphatic rings. The van der Waals surface area contributed by atoms with E-state index in [9.17, 15) is 18.0 Å². The van der Waals surface area contributed by atoms with Crippen molar-refractivity contribution < 1.29 is 23.1 Å². The van der Waals surface area contributed by atoms with Crippen LogP contribution in [0.4, 0.5) is 13.2 Å². The van der Waals surface area contributed by atoms with E-state index in [1.165, 1.54) is 0 Å². The zero-order valence-corrected chi connectivity index (χ0v) is 9.29. The fourth-order valence-electron chi connectivity index (χ4n) is 1.18. The van der Waals surface area contributed by atoms with Gasteiger partial charge in [-0.15, -0.1) is 0 Å². The number of hydrogen-bond donors (Lipinski definition) is 2. The van der Waals surface area contributed by atoms with Crippen LogP contribution in [-0.4, -0.2) is 47.3 Å². The van der Waals surface area contributed by atoms with Crippen molar-refractivity contribution in [3.05, 3.63) is 0 Å². The second kappa shape index (κ2) is 6.05. The number of alkyl halides is 3. The molecule has 0 spiro atoms. The molecule has 0 saturated heterocycles. The fraction of sp³-hybridized carbons (Fsp3) is 0.889. The molecular weight excluding hydrogens is 225 g/mol. The molecule has 0 aromatic rings. The number of halogens is 3. The minimum absolute atomic E-state index is 0.00356. The lowest BCUT2D eigenvalue weighted by molar-refractivity contribution is -0.150. The second-order valence-electron chi connectivity index (χ2n) is 3.91. The van der Waals surface area contributed by atoms with Crippen LogP contribution < -0.4 is 5.73 Å². The van der Waals surface area contributed by atoms with Crippen molar-refractivity contribution in [3.8, 4) is 0 Å². The van der Waals surface area contributed by atoms with E-state index < -0.39 is 24.7 Å². The third-order valence-corrected chi connectivity index (χ3v) is 2.16. The molecule has 3 N–H and O–H groups in total. The van der Waals surface area contributed by atoms with E-state index in [0.717, 1.165) is 4.90 Å². The summed E-state index contributed by atoms with van der Waals surface area (Å²) in [6.07, 6.45) is -4.28. The van der Waals surface area contributed by atoms with Crippen molar-refractivity contribution in [2.75, 3.05) is 13.1 Å². The van der Waals surface area contributed by atoms with Gasteiger partial charge in [0.2, 0.25) is 0 Å². The van der Waals surface area contributed by atoms with Gasteiger partial charge in [0.1, 0.15) is 6.04 Å². The third kappa shape index (κ3) is 6.62. The summed E-state index contributed by atoms with van der Waals surface area (Å²) in [5.41, 5.74) is 5.22. The molecular formula is C9H17F3N2O2. The topological polar surface area (TPSA) is 66.6 Å². The van der Waals surface area contributed by atoms with Crippen molar-refractivity contribution in [2.45, 2.75) is 38.5 Å². The van der Waals surface area contributed by atoms with Crippen molar-refractivity contribution in [1.29, 1.82) is 0 Å². The van der Waals surface area contributed by atoms with Crippen LogP contribution in [0.25, 0.3) is 0 Å². The van der Waals surface area contributed by atoms with E-state index >= 15 is 0 Å². The highest BCUT2D eigenvalue weighted by molar-refractivity contribution is 5.72. The molecule has 0 bridgehead atoms. The maximum Gasteiger partial charge on any atom is 0.401 e. The standard InChI is InChI=1S/C9H17F3N2O2/c1-6(2)14(5-9(10,11)12)4-3-7(13)8(15)16/h6-7H,3-5,13H2,1-2H3,(H,15,16). The minimum atomic E-state index is -4.28. The number of carboxylic acid groups (broad SMARTS) is 1. The van der Waals surface area contributed by atoms with Gasteiger partial charge in [0.05, 0.1) is 6.54 Å². The van der Waals surface area contributed by atoms with Gasteiger partial charge in [-0.2, -0.15) is 13.2 Å². The molecule has 0 aromatic heterocycles. The molecule has 0 fully saturated rings. The Kier molecular flexibility index (Phi) is 5.74. The van der Waals surface area contributed by atoms with Crippen LogP contribution in [-0.2, 0) is 4.79 Å². The highest BCUT2D eigenvalue weighted by Crippen LogP contribution is 2.18. The van der Waals surface area contributed by atoms with Crippen LogP contribution in [0.2, 0.25) is 0 Å². The summed E-state index contributed by atoms with van der Waals surface area (Å²) in [5, 5.41) is 8.50. The molecule has 0 rings (SSSR count). The van der Waals surface area contributed by atoms with Crippen LogP contribution >= 0.6 is 0 Å². The van der Waals surface area contributed by atoms with E-state index in [0.29, 0.717) is 0 Å². The molecule has 4 nitrogen and oxygen atoms in total. The van der Waals surface area contributed by atoms with Gasteiger partial charge >= 0.3 is 12.1 Å². The fourth-order valence-corrected chi connectivity index (χ4v) is 1.18. The molecule has 0 radical (unpaired) electrons. The van der Waals surface area contributed by atoms with Gasteiger partial charge in [-0.05, 0) is 20.3 Å². The summed E-state index contributed by atoms with van der Waals surface area (Å²) in [6.45, 7) is 2.22. The molecule has 0 amide bonds. The minimum Gasteiger partial charge on any atom is -0.480 e. The lowest BCUT2D eigenvalue weighted by Gasteiger charge is -2.27. The number of hydrogen-bond acceptors (Lipinski definition) is 3. The van der Waals surface area contributed by atoms with E-state index in [1.807, 2.05) is 0 Å². The Labute approximate surface area is 92.2 Å². The molecule has 1 atom stereocenters. The van der Waals surface area contributed by atoms with Gasteiger partial charge < -0.3 is 10.8 Å². The van der Waals surface area contributed by atoms with Crippen molar-refractivity contribution >= 4 is 5.97 Å². The quantitative estimate of drug-likeness (QED) is 0.731. The Bertz CT molecular complexity index is 231. The first kappa shape index (κ1) is 15.2. The number of aliphatic carboxylic acids is 1. The van der Waals surface area contributed by atoms with Crippen LogP contribution in [0.1, 0.15) is 20.3 Å². The van der Waals surface area contributed by atoms with E-state index in [2.05, 4.69) is 0 Å². The van der Waals surface area contributed by atoms with Crippen LogP contribution in [0.15, 0.2) is 0 Å².